The Balaban J connectivity index is 1.81. The van der Waals surface area contributed by atoms with Gasteiger partial charge in [-0.15, -0.1) is 0 Å². The summed E-state index contributed by atoms with van der Waals surface area (Å²) in [5.74, 6) is 1.00. The van der Waals surface area contributed by atoms with Gasteiger partial charge in [0.15, 0.2) is 11.5 Å². The molecule has 0 saturated heterocycles. The molecule has 0 aliphatic carbocycles. The molecule has 10 nitrogen and oxygen atoms in total. The molecule has 0 atom stereocenters. The summed E-state index contributed by atoms with van der Waals surface area (Å²) in [5.41, 5.74) is 3.10. The first-order valence-corrected chi connectivity index (χ1v) is 11.8. The predicted octanol–water partition coefficient (Wildman–Crippen LogP) is 6.84. The van der Waals surface area contributed by atoms with Crippen molar-refractivity contribution in [2.24, 2.45) is 5.10 Å². The van der Waals surface area contributed by atoms with E-state index in [1.807, 2.05) is 6.92 Å². The maximum atomic E-state index is 11.3. The summed E-state index contributed by atoms with van der Waals surface area (Å²) in [4.78, 5) is 20.7. The summed E-state index contributed by atoms with van der Waals surface area (Å²) in [7, 11) is 0. The molecule has 0 bridgehead atoms. The Hall–Kier alpha value is -3.16. The zero-order valence-corrected chi connectivity index (χ0v) is 21.7. The molecule has 0 amide bonds. The van der Waals surface area contributed by atoms with Crippen LogP contribution in [0.2, 0.25) is 10.0 Å². The van der Waals surface area contributed by atoms with Crippen LogP contribution in [-0.2, 0) is 6.61 Å². The van der Waals surface area contributed by atoms with Gasteiger partial charge in [0.05, 0.1) is 32.3 Å². The predicted molar refractivity (Wildman–Crippen MR) is 142 cm³/mol. The van der Waals surface area contributed by atoms with Crippen molar-refractivity contribution < 1.29 is 19.3 Å². The number of halogens is 3. The number of rotatable bonds is 10. The lowest BCUT2D eigenvalue weighted by molar-refractivity contribution is -0.393. The Labute approximate surface area is 223 Å². The summed E-state index contributed by atoms with van der Waals surface area (Å²) >= 11 is 14.3. The number of non-ortho nitro benzene ring substituents is 1. The highest BCUT2D eigenvalue weighted by Crippen LogP contribution is 2.35. The molecule has 0 spiro atoms. The van der Waals surface area contributed by atoms with E-state index in [9.17, 15) is 20.2 Å². The smallest absolute Gasteiger partial charge is 0.301 e. The third kappa shape index (κ3) is 6.93. The fourth-order valence-electron chi connectivity index (χ4n) is 2.91. The normalized spacial score (nSPS) is 10.9. The number of anilines is 1. The van der Waals surface area contributed by atoms with Crippen molar-refractivity contribution in [2.75, 3.05) is 12.0 Å². The molecule has 1 N–H and O–H groups in total. The Morgan fingerprint density at radius 1 is 1.06 bits per heavy atom. The van der Waals surface area contributed by atoms with Crippen LogP contribution in [0.25, 0.3) is 0 Å². The van der Waals surface area contributed by atoms with Crippen LogP contribution in [-0.4, -0.2) is 22.7 Å². The second-order valence-corrected chi connectivity index (χ2v) is 8.88. The molecular formula is C22H17Cl2IN4O6. The summed E-state index contributed by atoms with van der Waals surface area (Å²) in [6.07, 6.45) is 1.44. The van der Waals surface area contributed by atoms with E-state index >= 15 is 0 Å². The molecule has 3 rings (SSSR count). The molecule has 0 heterocycles. The zero-order chi connectivity index (χ0) is 25.5. The Morgan fingerprint density at radius 2 is 1.83 bits per heavy atom. The topological polar surface area (TPSA) is 129 Å². The number of hydrazone groups is 1. The second kappa shape index (κ2) is 12.0. The highest BCUT2D eigenvalue weighted by atomic mass is 127. The molecule has 0 aliphatic heterocycles. The number of benzene rings is 3. The monoisotopic (exact) mass is 630 g/mol. The van der Waals surface area contributed by atoms with E-state index in [0.29, 0.717) is 33.7 Å². The first-order chi connectivity index (χ1) is 16.7. The molecule has 0 saturated carbocycles. The van der Waals surface area contributed by atoms with Crippen LogP contribution < -0.4 is 14.9 Å². The molecule has 0 radical (unpaired) electrons. The molecule has 0 aromatic heterocycles. The van der Waals surface area contributed by atoms with Crippen molar-refractivity contribution in [3.8, 4) is 11.5 Å². The minimum atomic E-state index is -0.722. The largest absolute Gasteiger partial charge is 0.490 e. The molecule has 3 aromatic rings. The quantitative estimate of drug-likeness (QED) is 0.112. The minimum absolute atomic E-state index is 0.0105. The van der Waals surface area contributed by atoms with Gasteiger partial charge in [-0.3, -0.25) is 25.7 Å². The van der Waals surface area contributed by atoms with E-state index in [-0.39, 0.29) is 12.3 Å². The SMILES string of the molecule is CCOc1cc(/C=N/Nc2ccc([N+](=O)[O-])cc2[N+](=O)[O-])cc(I)c1OCc1ccc(Cl)cc1Cl. The van der Waals surface area contributed by atoms with Gasteiger partial charge in [-0.2, -0.15) is 5.10 Å². The van der Waals surface area contributed by atoms with Gasteiger partial charge in [-0.1, -0.05) is 29.3 Å². The van der Waals surface area contributed by atoms with Crippen molar-refractivity contribution in [1.82, 2.24) is 0 Å². The van der Waals surface area contributed by atoms with Gasteiger partial charge < -0.3 is 9.47 Å². The highest BCUT2D eigenvalue weighted by molar-refractivity contribution is 14.1. The van der Waals surface area contributed by atoms with Crippen LogP contribution in [0.1, 0.15) is 18.1 Å². The van der Waals surface area contributed by atoms with Crippen molar-refractivity contribution in [2.45, 2.75) is 13.5 Å². The lowest BCUT2D eigenvalue weighted by Crippen LogP contribution is -2.03. The van der Waals surface area contributed by atoms with Gasteiger partial charge in [-0.05, 0) is 65.4 Å². The van der Waals surface area contributed by atoms with Crippen LogP contribution in [0.5, 0.6) is 11.5 Å². The third-order valence-corrected chi connectivity index (χ3v) is 5.89. The number of hydrogen-bond acceptors (Lipinski definition) is 8. The Morgan fingerprint density at radius 3 is 2.49 bits per heavy atom. The van der Waals surface area contributed by atoms with E-state index in [0.717, 1.165) is 21.3 Å². The average molecular weight is 631 g/mol. The number of nitrogens with zero attached hydrogens (tertiary/aromatic N) is 3. The van der Waals surface area contributed by atoms with Crippen LogP contribution >= 0.6 is 45.8 Å². The lowest BCUT2D eigenvalue weighted by atomic mass is 10.2. The molecular weight excluding hydrogens is 614 g/mol. The summed E-state index contributed by atoms with van der Waals surface area (Å²) in [6, 6.07) is 11.9. The zero-order valence-electron chi connectivity index (χ0n) is 18.0. The van der Waals surface area contributed by atoms with Gasteiger partial charge in [0.1, 0.15) is 12.3 Å². The van der Waals surface area contributed by atoms with Gasteiger partial charge in [0.25, 0.3) is 5.69 Å². The molecule has 13 heteroatoms. The number of nitro groups is 2. The van der Waals surface area contributed by atoms with E-state index in [4.69, 9.17) is 32.7 Å². The summed E-state index contributed by atoms with van der Waals surface area (Å²) < 4.78 is 12.4. The van der Waals surface area contributed by atoms with Gasteiger partial charge in [0, 0.05) is 21.7 Å². The average Bonchev–Trinajstić information content (AvgIpc) is 2.79. The van der Waals surface area contributed by atoms with Crippen molar-refractivity contribution in [3.63, 3.8) is 0 Å². The standard InChI is InChI=1S/C22H17Cl2IN4O6/c1-2-34-21-8-13(7-18(25)22(21)35-12-14-3-4-15(23)9-17(14)24)11-26-27-19-6-5-16(28(30)31)10-20(19)29(32)33/h3-11,27H,2,12H2,1H3/b26-11+. The first-order valence-electron chi connectivity index (χ1n) is 9.94. The van der Waals surface area contributed by atoms with Crippen molar-refractivity contribution in [3.05, 3.63) is 93.5 Å². The Bertz CT molecular complexity index is 1310. The maximum Gasteiger partial charge on any atom is 0.301 e. The molecule has 35 heavy (non-hydrogen) atoms. The minimum Gasteiger partial charge on any atom is -0.490 e. The Kier molecular flexibility index (Phi) is 9.07. The van der Waals surface area contributed by atoms with E-state index in [1.165, 1.54) is 12.3 Å². The van der Waals surface area contributed by atoms with E-state index < -0.39 is 21.2 Å². The lowest BCUT2D eigenvalue weighted by Gasteiger charge is -2.15. The third-order valence-electron chi connectivity index (χ3n) is 4.51. The van der Waals surface area contributed by atoms with Gasteiger partial charge in [0.2, 0.25) is 0 Å². The number of nitro benzene ring substituents is 2. The fraction of sp³-hybridized carbons (Fsp3) is 0.136. The van der Waals surface area contributed by atoms with Crippen LogP contribution in [0, 0.1) is 23.8 Å². The van der Waals surface area contributed by atoms with Crippen LogP contribution in [0.3, 0.4) is 0 Å². The van der Waals surface area contributed by atoms with Crippen LogP contribution in [0.15, 0.2) is 53.6 Å². The van der Waals surface area contributed by atoms with Crippen molar-refractivity contribution >= 4 is 69.1 Å². The van der Waals surface area contributed by atoms with E-state index in [2.05, 4.69) is 33.1 Å². The van der Waals surface area contributed by atoms with E-state index in [1.54, 1.807) is 30.3 Å². The van der Waals surface area contributed by atoms with Gasteiger partial charge in [-0.25, -0.2) is 0 Å². The van der Waals surface area contributed by atoms with Crippen molar-refractivity contribution in [1.29, 1.82) is 0 Å². The fourth-order valence-corrected chi connectivity index (χ4v) is 4.15. The van der Waals surface area contributed by atoms with Gasteiger partial charge >= 0.3 is 5.69 Å². The highest BCUT2D eigenvalue weighted by Gasteiger charge is 2.19. The molecule has 0 fully saturated rings. The second-order valence-electron chi connectivity index (χ2n) is 6.87. The van der Waals surface area contributed by atoms with Crippen LogP contribution in [0.4, 0.5) is 17.1 Å². The number of nitrogens with one attached hydrogen (secondary N) is 1. The molecule has 0 unspecified atom stereocenters. The molecule has 0 aliphatic rings. The molecule has 3 aromatic carbocycles. The maximum absolute atomic E-state index is 11.3. The number of ether oxygens (including phenoxy) is 2. The molecule has 182 valence electrons. The summed E-state index contributed by atoms with van der Waals surface area (Å²) in [6.45, 7) is 2.43. The summed E-state index contributed by atoms with van der Waals surface area (Å²) in [5, 5.41) is 27.2. The first kappa shape index (κ1) is 26.4. The number of hydrogen-bond donors (Lipinski definition) is 1.